The molecule has 1 atom stereocenters. The van der Waals surface area contributed by atoms with Gasteiger partial charge in [-0.05, 0) is 44.4 Å². The lowest BCUT2D eigenvalue weighted by Gasteiger charge is -2.17. The number of aryl methyl sites for hydroxylation is 1. The van der Waals surface area contributed by atoms with E-state index >= 15 is 0 Å². The number of anilines is 1. The number of hydrogen-bond acceptors (Lipinski definition) is 2. The number of rotatable bonds is 6. The van der Waals surface area contributed by atoms with Gasteiger partial charge in [-0.15, -0.1) is 0 Å². The highest BCUT2D eigenvalue weighted by atomic mass is 16.5. The van der Waals surface area contributed by atoms with Crippen LogP contribution in [-0.2, 0) is 0 Å². The Labute approximate surface area is 99.0 Å². The first kappa shape index (κ1) is 12.9. The molecular weight excluding hydrogens is 198 g/mol. The molecule has 90 valence electrons. The van der Waals surface area contributed by atoms with Gasteiger partial charge < -0.3 is 10.1 Å². The van der Waals surface area contributed by atoms with Crippen molar-refractivity contribution in [3.8, 4) is 5.75 Å². The quantitative estimate of drug-likeness (QED) is 0.784. The minimum Gasteiger partial charge on any atom is -0.491 e. The molecule has 0 spiro atoms. The second-order valence-electron chi connectivity index (χ2n) is 4.30. The van der Waals surface area contributed by atoms with E-state index in [1.54, 1.807) is 0 Å². The van der Waals surface area contributed by atoms with Crippen LogP contribution in [0.15, 0.2) is 18.2 Å². The molecule has 1 rings (SSSR count). The van der Waals surface area contributed by atoms with Crippen molar-refractivity contribution in [2.24, 2.45) is 0 Å². The largest absolute Gasteiger partial charge is 0.491 e. The maximum atomic E-state index is 5.75. The summed E-state index contributed by atoms with van der Waals surface area (Å²) in [4.78, 5) is 0. The van der Waals surface area contributed by atoms with Gasteiger partial charge in [-0.25, -0.2) is 0 Å². The fourth-order valence-corrected chi connectivity index (χ4v) is 1.45. The van der Waals surface area contributed by atoms with Crippen LogP contribution in [-0.4, -0.2) is 12.6 Å². The van der Waals surface area contributed by atoms with Gasteiger partial charge in [0, 0.05) is 6.04 Å². The third-order valence-corrected chi connectivity index (χ3v) is 2.61. The Bertz CT molecular complexity index is 323. The summed E-state index contributed by atoms with van der Waals surface area (Å²) in [7, 11) is 0. The SMILES string of the molecule is CCCOc1cc(C)ccc1NC(C)CC. The molecule has 0 aromatic heterocycles. The van der Waals surface area contributed by atoms with Gasteiger partial charge in [0.05, 0.1) is 12.3 Å². The van der Waals surface area contributed by atoms with Crippen molar-refractivity contribution in [2.75, 3.05) is 11.9 Å². The molecule has 16 heavy (non-hydrogen) atoms. The predicted octanol–water partition coefficient (Wildman–Crippen LogP) is 3.99. The van der Waals surface area contributed by atoms with Crippen LogP contribution in [0.5, 0.6) is 5.75 Å². The van der Waals surface area contributed by atoms with Crippen LogP contribution >= 0.6 is 0 Å². The summed E-state index contributed by atoms with van der Waals surface area (Å²) < 4.78 is 5.75. The second kappa shape index (κ2) is 6.41. The van der Waals surface area contributed by atoms with E-state index in [0.29, 0.717) is 6.04 Å². The third kappa shape index (κ3) is 3.76. The lowest BCUT2D eigenvalue weighted by atomic mass is 10.2. The van der Waals surface area contributed by atoms with E-state index in [1.807, 2.05) is 0 Å². The highest BCUT2D eigenvalue weighted by Crippen LogP contribution is 2.26. The van der Waals surface area contributed by atoms with Crippen LogP contribution in [0.1, 0.15) is 39.2 Å². The molecule has 0 aliphatic heterocycles. The Morgan fingerprint density at radius 2 is 2.06 bits per heavy atom. The fraction of sp³-hybridized carbons (Fsp3) is 0.571. The van der Waals surface area contributed by atoms with Gasteiger partial charge in [0.15, 0.2) is 0 Å². The standard InChI is InChI=1S/C14H23NO/c1-5-9-16-14-10-11(3)7-8-13(14)15-12(4)6-2/h7-8,10,12,15H,5-6,9H2,1-4H3. The molecule has 0 radical (unpaired) electrons. The minimum absolute atomic E-state index is 0.478. The van der Waals surface area contributed by atoms with E-state index in [2.05, 4.69) is 51.2 Å². The molecule has 0 aliphatic carbocycles. The highest BCUT2D eigenvalue weighted by molar-refractivity contribution is 5.58. The van der Waals surface area contributed by atoms with Crippen molar-refractivity contribution in [1.29, 1.82) is 0 Å². The van der Waals surface area contributed by atoms with Gasteiger partial charge in [0.1, 0.15) is 5.75 Å². The summed E-state index contributed by atoms with van der Waals surface area (Å²) >= 11 is 0. The molecule has 0 bridgehead atoms. The molecule has 2 nitrogen and oxygen atoms in total. The first-order valence-corrected chi connectivity index (χ1v) is 6.17. The second-order valence-corrected chi connectivity index (χ2v) is 4.30. The molecule has 1 N–H and O–H groups in total. The zero-order chi connectivity index (χ0) is 12.0. The van der Waals surface area contributed by atoms with E-state index in [9.17, 15) is 0 Å². The van der Waals surface area contributed by atoms with Gasteiger partial charge >= 0.3 is 0 Å². The van der Waals surface area contributed by atoms with Crippen LogP contribution in [0.3, 0.4) is 0 Å². The molecule has 1 aromatic carbocycles. The summed E-state index contributed by atoms with van der Waals surface area (Å²) in [5, 5.41) is 3.47. The van der Waals surface area contributed by atoms with Crippen molar-refractivity contribution >= 4 is 5.69 Å². The van der Waals surface area contributed by atoms with Crippen molar-refractivity contribution in [2.45, 2.75) is 46.6 Å². The van der Waals surface area contributed by atoms with Crippen molar-refractivity contribution in [3.63, 3.8) is 0 Å². The summed E-state index contributed by atoms with van der Waals surface area (Å²) in [6.07, 6.45) is 2.15. The summed E-state index contributed by atoms with van der Waals surface area (Å²) in [6, 6.07) is 6.79. The normalized spacial score (nSPS) is 12.2. The summed E-state index contributed by atoms with van der Waals surface area (Å²) in [5.74, 6) is 0.974. The van der Waals surface area contributed by atoms with Crippen LogP contribution in [0.4, 0.5) is 5.69 Å². The van der Waals surface area contributed by atoms with Crippen LogP contribution in [0, 0.1) is 6.92 Å². The third-order valence-electron chi connectivity index (χ3n) is 2.61. The number of hydrogen-bond donors (Lipinski definition) is 1. The Morgan fingerprint density at radius 3 is 2.69 bits per heavy atom. The number of nitrogens with one attached hydrogen (secondary N) is 1. The van der Waals surface area contributed by atoms with E-state index in [0.717, 1.165) is 30.9 Å². The van der Waals surface area contributed by atoms with Gasteiger partial charge in [-0.3, -0.25) is 0 Å². The summed E-state index contributed by atoms with van der Waals surface area (Å²) in [5.41, 5.74) is 2.34. The van der Waals surface area contributed by atoms with Crippen molar-refractivity contribution < 1.29 is 4.74 Å². The monoisotopic (exact) mass is 221 g/mol. The van der Waals surface area contributed by atoms with Crippen LogP contribution in [0.2, 0.25) is 0 Å². The fourth-order valence-electron chi connectivity index (χ4n) is 1.45. The predicted molar refractivity (Wildman–Crippen MR) is 70.3 cm³/mol. The van der Waals surface area contributed by atoms with E-state index in [-0.39, 0.29) is 0 Å². The number of benzene rings is 1. The van der Waals surface area contributed by atoms with E-state index < -0.39 is 0 Å². The smallest absolute Gasteiger partial charge is 0.142 e. The van der Waals surface area contributed by atoms with Crippen molar-refractivity contribution in [3.05, 3.63) is 23.8 Å². The first-order chi connectivity index (χ1) is 7.67. The molecule has 1 aromatic rings. The lowest BCUT2D eigenvalue weighted by molar-refractivity contribution is 0.318. The Balaban J connectivity index is 2.80. The average molecular weight is 221 g/mol. The first-order valence-electron chi connectivity index (χ1n) is 6.17. The highest BCUT2D eigenvalue weighted by Gasteiger charge is 2.06. The maximum Gasteiger partial charge on any atom is 0.142 e. The zero-order valence-corrected chi connectivity index (χ0v) is 10.8. The lowest BCUT2D eigenvalue weighted by Crippen LogP contribution is -2.14. The Morgan fingerprint density at radius 1 is 1.31 bits per heavy atom. The molecule has 0 saturated carbocycles. The molecule has 1 unspecified atom stereocenters. The molecular formula is C14H23NO. The Kier molecular flexibility index (Phi) is 5.17. The number of ether oxygens (including phenoxy) is 1. The van der Waals surface area contributed by atoms with Gasteiger partial charge in [0.2, 0.25) is 0 Å². The maximum absolute atomic E-state index is 5.75. The van der Waals surface area contributed by atoms with E-state index in [4.69, 9.17) is 4.74 Å². The van der Waals surface area contributed by atoms with E-state index in [1.165, 1.54) is 5.56 Å². The van der Waals surface area contributed by atoms with Crippen molar-refractivity contribution in [1.82, 2.24) is 0 Å². The molecule has 0 aliphatic rings. The molecule has 0 saturated heterocycles. The Hall–Kier alpha value is -1.18. The van der Waals surface area contributed by atoms with Gasteiger partial charge in [0.25, 0.3) is 0 Å². The zero-order valence-electron chi connectivity index (χ0n) is 10.8. The molecule has 0 heterocycles. The molecule has 0 fully saturated rings. The molecule has 0 amide bonds. The average Bonchev–Trinajstić information content (AvgIpc) is 2.29. The molecule has 2 heteroatoms. The topological polar surface area (TPSA) is 21.3 Å². The van der Waals surface area contributed by atoms with Crippen LogP contribution in [0.25, 0.3) is 0 Å². The van der Waals surface area contributed by atoms with Gasteiger partial charge in [-0.1, -0.05) is 19.9 Å². The minimum atomic E-state index is 0.478. The van der Waals surface area contributed by atoms with Gasteiger partial charge in [-0.2, -0.15) is 0 Å². The van der Waals surface area contributed by atoms with Crippen LogP contribution < -0.4 is 10.1 Å². The summed E-state index contributed by atoms with van der Waals surface area (Å²) in [6.45, 7) is 9.35.